The molecule has 2 saturated carbocycles. The maximum absolute atomic E-state index is 10.6. The number of rotatable bonds is 6. The monoisotopic (exact) mass is 420 g/mol. The maximum atomic E-state index is 10.6. The van der Waals surface area contributed by atoms with Crippen molar-refractivity contribution in [2.75, 3.05) is 44.2 Å². The van der Waals surface area contributed by atoms with Crippen molar-refractivity contribution < 1.29 is 9.84 Å². The van der Waals surface area contributed by atoms with E-state index in [0.717, 1.165) is 43.5 Å². The summed E-state index contributed by atoms with van der Waals surface area (Å²) >= 11 is 6.19. The van der Waals surface area contributed by atoms with Gasteiger partial charge >= 0.3 is 0 Å². The van der Waals surface area contributed by atoms with E-state index in [1.165, 1.54) is 24.1 Å². The second-order valence-electron chi connectivity index (χ2n) is 10.3. The number of nitrogens with zero attached hydrogens (tertiary/aromatic N) is 2. The van der Waals surface area contributed by atoms with Crippen LogP contribution in [0.4, 0.5) is 5.69 Å². The van der Waals surface area contributed by atoms with Gasteiger partial charge in [-0.15, -0.1) is 0 Å². The average Bonchev–Trinajstić information content (AvgIpc) is 3.02. The Balaban J connectivity index is 1.24. The molecule has 1 aromatic rings. The van der Waals surface area contributed by atoms with Gasteiger partial charge in [0.15, 0.2) is 0 Å². The number of halogens is 1. The molecule has 1 N–H and O–H groups in total. The fourth-order valence-corrected chi connectivity index (χ4v) is 6.22. The molecule has 1 heterocycles. The second kappa shape index (κ2) is 8.03. The summed E-state index contributed by atoms with van der Waals surface area (Å²) in [5, 5.41) is 11.4. The predicted octanol–water partition coefficient (Wildman–Crippen LogP) is 4.36. The van der Waals surface area contributed by atoms with Gasteiger partial charge in [0.1, 0.15) is 0 Å². The number of benzene rings is 1. The Morgan fingerprint density at radius 2 is 1.93 bits per heavy atom. The Kier molecular flexibility index (Phi) is 5.93. The summed E-state index contributed by atoms with van der Waals surface area (Å²) in [5.74, 6) is 0.776. The molecule has 5 heteroatoms. The molecule has 162 valence electrons. The normalized spacial score (nSPS) is 32.7. The second-order valence-corrected chi connectivity index (χ2v) is 10.7. The van der Waals surface area contributed by atoms with Crippen LogP contribution in [0.1, 0.15) is 45.6 Å². The van der Waals surface area contributed by atoms with E-state index in [4.69, 9.17) is 16.3 Å². The van der Waals surface area contributed by atoms with Gasteiger partial charge in [-0.1, -0.05) is 38.4 Å². The van der Waals surface area contributed by atoms with Crippen molar-refractivity contribution in [3.63, 3.8) is 0 Å². The molecule has 0 unspecified atom stereocenters. The van der Waals surface area contributed by atoms with E-state index < -0.39 is 6.10 Å². The highest BCUT2D eigenvalue weighted by Crippen LogP contribution is 2.66. The van der Waals surface area contributed by atoms with E-state index in [1.54, 1.807) is 0 Å². The van der Waals surface area contributed by atoms with E-state index in [0.29, 0.717) is 24.7 Å². The van der Waals surface area contributed by atoms with Gasteiger partial charge in [0.2, 0.25) is 0 Å². The smallest absolute Gasteiger partial charge is 0.0900 e. The molecular weight excluding hydrogens is 384 g/mol. The molecular formula is C24H37ClN2O2. The number of hydrogen-bond acceptors (Lipinski definition) is 4. The topological polar surface area (TPSA) is 35.9 Å². The molecule has 0 radical (unpaired) electrons. The lowest BCUT2D eigenvalue weighted by atomic mass is 9.70. The zero-order valence-corrected chi connectivity index (χ0v) is 19.2. The van der Waals surface area contributed by atoms with Gasteiger partial charge in [-0.05, 0) is 60.6 Å². The first-order valence-corrected chi connectivity index (χ1v) is 11.6. The number of aliphatic hydroxyl groups excluding tert-OH is 1. The maximum Gasteiger partial charge on any atom is 0.0900 e. The number of ether oxygens (including phenoxy) is 1. The van der Waals surface area contributed by atoms with E-state index in [9.17, 15) is 5.11 Å². The SMILES string of the molecule is Cc1ccc(Cl)cc1N1CCN(C[C@@H](O)CO[C@@H]2C[C@H]3CC[C@@]2(C)C3(C)C)CC1. The fraction of sp³-hybridized carbons (Fsp3) is 0.750. The van der Waals surface area contributed by atoms with Crippen LogP contribution in [0.3, 0.4) is 0 Å². The molecule has 1 saturated heterocycles. The summed E-state index contributed by atoms with van der Waals surface area (Å²) < 4.78 is 6.30. The van der Waals surface area contributed by atoms with Gasteiger partial charge in [0.05, 0.1) is 18.8 Å². The summed E-state index contributed by atoms with van der Waals surface area (Å²) in [7, 11) is 0. The highest BCUT2D eigenvalue weighted by atomic mass is 35.5. The molecule has 4 rings (SSSR count). The molecule has 4 atom stereocenters. The van der Waals surface area contributed by atoms with E-state index in [1.807, 2.05) is 6.07 Å². The summed E-state index contributed by atoms with van der Waals surface area (Å²) in [6.07, 6.45) is 3.64. The molecule has 3 fully saturated rings. The third kappa shape index (κ3) is 3.94. The number of aryl methyl sites for hydroxylation is 1. The van der Waals surface area contributed by atoms with Crippen LogP contribution in [0.25, 0.3) is 0 Å². The Morgan fingerprint density at radius 1 is 1.21 bits per heavy atom. The van der Waals surface area contributed by atoms with Gasteiger partial charge in [0.25, 0.3) is 0 Å². The van der Waals surface area contributed by atoms with Crippen molar-refractivity contribution in [2.24, 2.45) is 16.7 Å². The van der Waals surface area contributed by atoms with Gasteiger partial charge in [-0.3, -0.25) is 4.90 Å². The van der Waals surface area contributed by atoms with Crippen LogP contribution in [-0.4, -0.2) is 61.5 Å². The predicted molar refractivity (Wildman–Crippen MR) is 120 cm³/mol. The number of β-amino-alcohol motifs (C(OH)–C–C–N with tert-alkyl or cyclic N) is 1. The van der Waals surface area contributed by atoms with Crippen LogP contribution in [-0.2, 0) is 4.74 Å². The van der Waals surface area contributed by atoms with Crippen LogP contribution in [0.2, 0.25) is 5.02 Å². The van der Waals surface area contributed by atoms with E-state index in [-0.39, 0.29) is 5.41 Å². The first kappa shape index (κ1) is 21.4. The Morgan fingerprint density at radius 3 is 2.55 bits per heavy atom. The molecule has 29 heavy (non-hydrogen) atoms. The third-order valence-corrected chi connectivity index (χ3v) is 8.79. The first-order chi connectivity index (χ1) is 13.7. The van der Waals surface area contributed by atoms with Crippen LogP contribution in [0, 0.1) is 23.7 Å². The van der Waals surface area contributed by atoms with Crippen LogP contribution >= 0.6 is 11.6 Å². The summed E-state index contributed by atoms with van der Waals surface area (Å²) in [6, 6.07) is 6.10. The molecule has 0 aromatic heterocycles. The van der Waals surface area contributed by atoms with Crippen molar-refractivity contribution >= 4 is 17.3 Å². The lowest BCUT2D eigenvalue weighted by Gasteiger charge is -2.40. The third-order valence-electron chi connectivity index (χ3n) is 8.56. The van der Waals surface area contributed by atoms with Crippen LogP contribution in [0.15, 0.2) is 18.2 Å². The Labute approximate surface area is 181 Å². The quantitative estimate of drug-likeness (QED) is 0.741. The van der Waals surface area contributed by atoms with E-state index in [2.05, 4.69) is 49.6 Å². The number of hydrogen-bond donors (Lipinski definition) is 1. The molecule has 1 aromatic carbocycles. The number of aliphatic hydroxyl groups is 1. The van der Waals surface area contributed by atoms with Crippen molar-refractivity contribution in [3.05, 3.63) is 28.8 Å². The fourth-order valence-electron chi connectivity index (χ4n) is 6.05. The van der Waals surface area contributed by atoms with Crippen LogP contribution in [0.5, 0.6) is 0 Å². The van der Waals surface area contributed by atoms with E-state index >= 15 is 0 Å². The summed E-state index contributed by atoms with van der Waals surface area (Å²) in [4.78, 5) is 4.76. The minimum absolute atomic E-state index is 0.262. The molecule has 3 aliphatic rings. The highest BCUT2D eigenvalue weighted by molar-refractivity contribution is 6.30. The van der Waals surface area contributed by atoms with Crippen molar-refractivity contribution in [2.45, 2.75) is 59.2 Å². The first-order valence-electron chi connectivity index (χ1n) is 11.2. The largest absolute Gasteiger partial charge is 0.389 e. The minimum Gasteiger partial charge on any atom is -0.389 e. The van der Waals surface area contributed by atoms with Gasteiger partial charge in [0, 0.05) is 43.4 Å². The number of fused-ring (bicyclic) bond motifs is 2. The lowest BCUT2D eigenvalue weighted by molar-refractivity contribution is -0.0794. The minimum atomic E-state index is -0.416. The highest BCUT2D eigenvalue weighted by Gasteiger charge is 2.61. The van der Waals surface area contributed by atoms with Crippen LogP contribution < -0.4 is 4.90 Å². The lowest BCUT2D eigenvalue weighted by Crippen LogP contribution is -2.49. The zero-order chi connectivity index (χ0) is 20.8. The standard InChI is InChI=1S/C24H37ClN2O2/c1-17-5-6-19(25)14-21(17)27-11-9-26(10-12-27)15-20(28)16-29-22-13-18-7-8-24(22,4)23(18,2)3/h5-6,14,18,20,22,28H,7-13,15-16H2,1-4H3/t18-,20-,22-,24-/m1/s1. The molecule has 1 aliphatic heterocycles. The molecule has 2 aliphatic carbocycles. The van der Waals surface area contributed by atoms with Gasteiger partial charge in [-0.2, -0.15) is 0 Å². The van der Waals surface area contributed by atoms with Gasteiger partial charge < -0.3 is 14.7 Å². The van der Waals surface area contributed by atoms with Crippen molar-refractivity contribution in [1.29, 1.82) is 0 Å². The summed E-state index contributed by atoms with van der Waals surface area (Å²) in [6.45, 7) is 14.3. The Hall–Kier alpha value is -0.810. The average molecular weight is 421 g/mol. The molecule has 2 bridgehead atoms. The summed E-state index contributed by atoms with van der Waals surface area (Å²) in [5.41, 5.74) is 3.11. The molecule has 0 amide bonds. The van der Waals surface area contributed by atoms with Crippen molar-refractivity contribution in [1.82, 2.24) is 4.90 Å². The number of anilines is 1. The van der Waals surface area contributed by atoms with Gasteiger partial charge in [-0.25, -0.2) is 0 Å². The zero-order valence-electron chi connectivity index (χ0n) is 18.5. The van der Waals surface area contributed by atoms with Crippen molar-refractivity contribution in [3.8, 4) is 0 Å². The Bertz CT molecular complexity index is 732. The molecule has 4 nitrogen and oxygen atoms in total. The molecule has 0 spiro atoms. The number of piperazine rings is 1.